The third-order valence-electron chi connectivity index (χ3n) is 4.45. The molecule has 3 heteroatoms. The number of hydrogen-bond donors (Lipinski definition) is 1. The molecule has 3 nitrogen and oxygen atoms in total. The molecule has 0 saturated heterocycles. The maximum absolute atomic E-state index is 9.13. The predicted octanol–water partition coefficient (Wildman–Crippen LogP) is 2.75. The Labute approximate surface area is 104 Å². The van der Waals surface area contributed by atoms with Crippen molar-refractivity contribution in [3.05, 3.63) is 0 Å². The Bertz CT molecular complexity index is 280. The van der Waals surface area contributed by atoms with Crippen molar-refractivity contribution in [2.75, 3.05) is 6.61 Å². The fourth-order valence-electron chi connectivity index (χ4n) is 3.26. The smallest absolute Gasteiger partial charge is 0.107 e. The van der Waals surface area contributed by atoms with Crippen molar-refractivity contribution < 1.29 is 4.74 Å². The Hall–Kier alpha value is -0.590. The number of nitriles is 1. The number of hydrogen-bond acceptors (Lipinski definition) is 3. The summed E-state index contributed by atoms with van der Waals surface area (Å²) in [5, 5.41) is 9.13. The van der Waals surface area contributed by atoms with E-state index in [0.717, 1.165) is 32.3 Å². The Morgan fingerprint density at radius 3 is 2.65 bits per heavy atom. The number of nitrogens with zero attached hydrogens (tertiary/aromatic N) is 1. The van der Waals surface area contributed by atoms with Gasteiger partial charge in [0.1, 0.15) is 5.54 Å². The van der Waals surface area contributed by atoms with Gasteiger partial charge in [-0.3, -0.25) is 0 Å². The zero-order chi connectivity index (χ0) is 12.1. The lowest BCUT2D eigenvalue weighted by atomic mass is 9.87. The van der Waals surface area contributed by atoms with Crippen LogP contribution in [0.1, 0.15) is 57.8 Å². The SMILES string of the molecule is N#CC1(N)CCCC1CCOC1CCCCC1. The van der Waals surface area contributed by atoms with Crippen LogP contribution in [0.4, 0.5) is 0 Å². The van der Waals surface area contributed by atoms with Crippen LogP contribution in [0.3, 0.4) is 0 Å². The minimum Gasteiger partial charge on any atom is -0.378 e. The van der Waals surface area contributed by atoms with Crippen molar-refractivity contribution >= 4 is 0 Å². The molecule has 2 saturated carbocycles. The van der Waals surface area contributed by atoms with Crippen molar-refractivity contribution in [3.63, 3.8) is 0 Å². The molecule has 0 radical (unpaired) electrons. The van der Waals surface area contributed by atoms with Crippen LogP contribution in [0.15, 0.2) is 0 Å². The molecule has 2 rings (SSSR count). The van der Waals surface area contributed by atoms with Crippen molar-refractivity contribution in [2.24, 2.45) is 11.7 Å². The predicted molar refractivity (Wildman–Crippen MR) is 67.3 cm³/mol. The van der Waals surface area contributed by atoms with Crippen LogP contribution in [0.2, 0.25) is 0 Å². The van der Waals surface area contributed by atoms with Crippen molar-refractivity contribution in [1.29, 1.82) is 5.26 Å². The Kier molecular flexibility index (Phi) is 4.42. The summed E-state index contributed by atoms with van der Waals surface area (Å²) >= 11 is 0. The van der Waals surface area contributed by atoms with Gasteiger partial charge < -0.3 is 10.5 Å². The summed E-state index contributed by atoms with van der Waals surface area (Å²) in [4.78, 5) is 0. The monoisotopic (exact) mass is 236 g/mol. The molecule has 2 unspecified atom stereocenters. The average molecular weight is 236 g/mol. The van der Waals surface area contributed by atoms with Crippen molar-refractivity contribution in [2.45, 2.75) is 69.4 Å². The fourth-order valence-corrected chi connectivity index (χ4v) is 3.26. The van der Waals surface area contributed by atoms with E-state index in [4.69, 9.17) is 15.7 Å². The second-order valence-electron chi connectivity index (χ2n) is 5.66. The maximum Gasteiger partial charge on any atom is 0.107 e. The highest BCUT2D eigenvalue weighted by Gasteiger charge is 2.39. The van der Waals surface area contributed by atoms with Gasteiger partial charge in [-0.2, -0.15) is 5.26 Å². The zero-order valence-corrected chi connectivity index (χ0v) is 10.7. The van der Waals surface area contributed by atoms with Gasteiger partial charge in [0.25, 0.3) is 0 Å². The Balaban J connectivity index is 1.69. The van der Waals surface area contributed by atoms with Crippen molar-refractivity contribution in [3.8, 4) is 6.07 Å². The maximum atomic E-state index is 9.13. The first-order valence-corrected chi connectivity index (χ1v) is 7.06. The number of ether oxygens (including phenoxy) is 1. The Morgan fingerprint density at radius 2 is 1.94 bits per heavy atom. The average Bonchev–Trinajstić information content (AvgIpc) is 2.73. The molecule has 2 atom stereocenters. The molecule has 0 aromatic carbocycles. The molecule has 96 valence electrons. The molecule has 0 heterocycles. The first-order chi connectivity index (χ1) is 8.24. The zero-order valence-electron chi connectivity index (χ0n) is 10.7. The molecule has 0 amide bonds. The standard InChI is InChI=1S/C14H24N2O/c15-11-14(16)9-4-5-12(14)8-10-17-13-6-2-1-3-7-13/h12-13H,1-10,16H2. The molecular formula is C14H24N2O. The summed E-state index contributed by atoms with van der Waals surface area (Å²) in [6.45, 7) is 0.788. The van der Waals surface area contributed by atoms with E-state index in [2.05, 4.69) is 6.07 Å². The second kappa shape index (κ2) is 5.84. The molecule has 0 aliphatic heterocycles. The second-order valence-corrected chi connectivity index (χ2v) is 5.66. The largest absolute Gasteiger partial charge is 0.378 e. The topological polar surface area (TPSA) is 59.0 Å². The van der Waals surface area contributed by atoms with Crippen LogP contribution >= 0.6 is 0 Å². The highest BCUT2D eigenvalue weighted by Crippen LogP contribution is 2.35. The minimum atomic E-state index is -0.573. The number of nitrogens with two attached hydrogens (primary N) is 1. The molecule has 0 aromatic heterocycles. The van der Waals surface area contributed by atoms with Gasteiger partial charge in [-0.15, -0.1) is 0 Å². The first kappa shape index (κ1) is 12.9. The van der Waals surface area contributed by atoms with Crippen LogP contribution in [-0.2, 0) is 4.74 Å². The van der Waals surface area contributed by atoms with Gasteiger partial charge in [0.2, 0.25) is 0 Å². The summed E-state index contributed by atoms with van der Waals surface area (Å²) in [5.74, 6) is 0.344. The lowest BCUT2D eigenvalue weighted by molar-refractivity contribution is 0.0194. The van der Waals surface area contributed by atoms with Gasteiger partial charge >= 0.3 is 0 Å². The molecule has 0 aromatic rings. The van der Waals surface area contributed by atoms with E-state index in [-0.39, 0.29) is 0 Å². The van der Waals surface area contributed by atoms with Gasteiger partial charge in [-0.25, -0.2) is 0 Å². The van der Waals surface area contributed by atoms with Gasteiger partial charge in [0, 0.05) is 6.61 Å². The molecule has 0 spiro atoms. The number of rotatable bonds is 4. The highest BCUT2D eigenvalue weighted by atomic mass is 16.5. The third-order valence-corrected chi connectivity index (χ3v) is 4.45. The fraction of sp³-hybridized carbons (Fsp3) is 0.929. The van der Waals surface area contributed by atoms with Gasteiger partial charge in [-0.1, -0.05) is 25.7 Å². The van der Waals surface area contributed by atoms with Crippen LogP contribution in [0.25, 0.3) is 0 Å². The molecule has 17 heavy (non-hydrogen) atoms. The van der Waals surface area contributed by atoms with E-state index in [9.17, 15) is 0 Å². The van der Waals surface area contributed by atoms with E-state index in [1.54, 1.807) is 0 Å². The quantitative estimate of drug-likeness (QED) is 0.816. The van der Waals surface area contributed by atoms with Gasteiger partial charge in [0.15, 0.2) is 0 Å². The summed E-state index contributed by atoms with van der Waals surface area (Å²) in [5.41, 5.74) is 5.53. The summed E-state index contributed by atoms with van der Waals surface area (Å²) in [6.07, 6.45) is 10.9. The summed E-state index contributed by atoms with van der Waals surface area (Å²) in [6, 6.07) is 2.30. The molecule has 2 aliphatic carbocycles. The van der Waals surface area contributed by atoms with E-state index in [1.165, 1.54) is 32.1 Å². The lowest BCUT2D eigenvalue weighted by Gasteiger charge is -2.26. The minimum absolute atomic E-state index is 0.344. The van der Waals surface area contributed by atoms with E-state index < -0.39 is 5.54 Å². The van der Waals surface area contributed by atoms with Crippen LogP contribution < -0.4 is 5.73 Å². The van der Waals surface area contributed by atoms with E-state index in [0.29, 0.717) is 12.0 Å². The molecule has 0 bridgehead atoms. The van der Waals surface area contributed by atoms with Gasteiger partial charge in [0.05, 0.1) is 12.2 Å². The van der Waals surface area contributed by atoms with Crippen LogP contribution in [0.5, 0.6) is 0 Å². The Morgan fingerprint density at radius 1 is 1.18 bits per heavy atom. The van der Waals surface area contributed by atoms with Crippen LogP contribution in [-0.4, -0.2) is 18.2 Å². The molecular weight excluding hydrogens is 212 g/mol. The first-order valence-electron chi connectivity index (χ1n) is 7.06. The van der Waals surface area contributed by atoms with E-state index >= 15 is 0 Å². The van der Waals surface area contributed by atoms with Gasteiger partial charge in [-0.05, 0) is 38.0 Å². The molecule has 2 aliphatic rings. The normalized spacial score (nSPS) is 34.7. The molecule has 2 fully saturated rings. The summed E-state index contributed by atoms with van der Waals surface area (Å²) in [7, 11) is 0. The van der Waals surface area contributed by atoms with E-state index in [1.807, 2.05) is 0 Å². The van der Waals surface area contributed by atoms with Crippen molar-refractivity contribution in [1.82, 2.24) is 0 Å². The lowest BCUT2D eigenvalue weighted by Crippen LogP contribution is -2.42. The summed E-state index contributed by atoms with van der Waals surface area (Å²) < 4.78 is 5.92. The molecule has 2 N–H and O–H groups in total. The third kappa shape index (κ3) is 3.20. The highest BCUT2D eigenvalue weighted by molar-refractivity contribution is 5.11. The van der Waals surface area contributed by atoms with Crippen LogP contribution in [0, 0.1) is 17.2 Å².